The average Bonchev–Trinajstić information content (AvgIpc) is 1.37. The van der Waals surface area contributed by atoms with Crippen molar-refractivity contribution >= 4 is 18.8 Å². The van der Waals surface area contributed by atoms with Gasteiger partial charge in [0.15, 0.2) is 0 Å². The van der Waals surface area contributed by atoms with Crippen LogP contribution in [0.5, 0.6) is 0 Å². The molecule has 0 rings (SSSR count). The molecule has 0 N–H and O–H groups in total. The summed E-state index contributed by atoms with van der Waals surface area (Å²) in [4.78, 5) is 0. The molecule has 0 bridgehead atoms. The van der Waals surface area contributed by atoms with Crippen LogP contribution in [-0.2, 0) is 21.1 Å². The molecule has 3 heteroatoms. The zero-order valence-corrected chi connectivity index (χ0v) is 8.99. The quantitative estimate of drug-likeness (QED) is 0.518. The molecule has 0 aromatic heterocycles. The van der Waals surface area contributed by atoms with Crippen LogP contribution >= 0.6 is 0 Å². The minimum Gasteiger partial charge on any atom is -0.112 e. The molecule has 0 aromatic rings. The Kier molecular flexibility index (Phi) is 16.5. The van der Waals surface area contributed by atoms with Gasteiger partial charge in [-0.1, -0.05) is 0 Å². The monoisotopic (exact) mass is 283 g/mol. The standard InChI is InChI=1S/C2H8Si2.Pt/c1-2-4-3;/h2H,1,4H2,3H3;. The van der Waals surface area contributed by atoms with Crippen LogP contribution in [0.4, 0.5) is 0 Å². The molecule has 0 unspecified atom stereocenters. The van der Waals surface area contributed by atoms with E-state index in [1.807, 2.05) is 0 Å². The van der Waals surface area contributed by atoms with E-state index in [1.165, 1.54) is 9.76 Å². The van der Waals surface area contributed by atoms with E-state index < -0.39 is 0 Å². The summed E-state index contributed by atoms with van der Waals surface area (Å²) in [6, 6.07) is 0. The van der Waals surface area contributed by atoms with Crippen molar-refractivity contribution < 1.29 is 21.1 Å². The van der Waals surface area contributed by atoms with Crippen LogP contribution in [-0.4, -0.2) is 18.8 Å². The van der Waals surface area contributed by atoms with E-state index in [0.29, 0.717) is 9.04 Å². The fraction of sp³-hybridized carbons (Fsp3) is 0. The van der Waals surface area contributed by atoms with Gasteiger partial charge in [-0.3, -0.25) is 0 Å². The van der Waals surface area contributed by atoms with Gasteiger partial charge in [0.1, 0.15) is 0 Å². The van der Waals surface area contributed by atoms with Crippen LogP contribution in [0.1, 0.15) is 0 Å². The van der Waals surface area contributed by atoms with Crippen molar-refractivity contribution in [3.05, 3.63) is 12.3 Å². The third-order valence-corrected chi connectivity index (χ3v) is 2.60. The first-order valence-corrected chi connectivity index (χ1v) is 8.00. The second-order valence-electron chi connectivity index (χ2n) is 0.697. The first-order chi connectivity index (χ1) is 1.91. The van der Waals surface area contributed by atoms with Gasteiger partial charge >= 0.3 is 0 Å². The van der Waals surface area contributed by atoms with Gasteiger partial charge in [-0.25, -0.2) is 0 Å². The van der Waals surface area contributed by atoms with Crippen molar-refractivity contribution in [2.24, 2.45) is 0 Å². The second kappa shape index (κ2) is 8.85. The van der Waals surface area contributed by atoms with Gasteiger partial charge in [0.05, 0.1) is 0 Å². The SMILES string of the molecule is C=C[SiH2][SiH3].[Pt]. The zero-order valence-electron chi connectivity index (χ0n) is 3.31. The molecule has 0 heterocycles. The summed E-state index contributed by atoms with van der Waals surface area (Å²) in [7, 11) is 1.74. The predicted octanol–water partition coefficient (Wildman–Crippen LogP) is -1.42. The molecule has 34 valence electrons. The van der Waals surface area contributed by atoms with Gasteiger partial charge < -0.3 is 0 Å². The molecular weight excluding hydrogens is 275 g/mol. The average molecular weight is 283 g/mol. The van der Waals surface area contributed by atoms with E-state index in [-0.39, 0.29) is 21.1 Å². The van der Waals surface area contributed by atoms with E-state index >= 15 is 0 Å². The zero-order chi connectivity index (χ0) is 3.41. The minimum absolute atomic E-state index is 0. The Balaban J connectivity index is 0. The molecular formula is C2H8PtSi2. The van der Waals surface area contributed by atoms with Gasteiger partial charge in [-0.2, -0.15) is 0 Å². The van der Waals surface area contributed by atoms with E-state index in [4.69, 9.17) is 0 Å². The largest absolute Gasteiger partial charge is 0.112 e. The molecule has 0 radical (unpaired) electrons. The van der Waals surface area contributed by atoms with Gasteiger partial charge in [0.2, 0.25) is 0 Å². The molecule has 0 saturated carbocycles. The molecule has 0 aliphatic heterocycles. The topological polar surface area (TPSA) is 0 Å². The fourth-order valence-corrected chi connectivity index (χ4v) is 0. The van der Waals surface area contributed by atoms with Gasteiger partial charge in [0, 0.05) is 30.1 Å². The number of rotatable bonds is 1. The summed E-state index contributed by atoms with van der Waals surface area (Å²) in [6.45, 7) is 3.58. The summed E-state index contributed by atoms with van der Waals surface area (Å²) < 4.78 is 0. The molecule has 0 amide bonds. The summed E-state index contributed by atoms with van der Waals surface area (Å²) >= 11 is 0. The Bertz CT molecular complexity index is 21.6. The van der Waals surface area contributed by atoms with Crippen LogP contribution in [0, 0.1) is 0 Å². The molecule has 5 heavy (non-hydrogen) atoms. The molecule has 0 saturated heterocycles. The normalized spacial score (nSPS) is 8.00. The Morgan fingerprint density at radius 1 is 1.80 bits per heavy atom. The third-order valence-electron chi connectivity index (χ3n) is 0.289. The maximum atomic E-state index is 3.58. The summed E-state index contributed by atoms with van der Waals surface area (Å²) in [5.74, 6) is 0. The first kappa shape index (κ1) is 9.29. The third kappa shape index (κ3) is 11.5. The summed E-state index contributed by atoms with van der Waals surface area (Å²) in [5.41, 5.74) is 2.08. The van der Waals surface area contributed by atoms with Gasteiger partial charge in [-0.15, -0.1) is 12.3 Å². The van der Waals surface area contributed by atoms with Crippen molar-refractivity contribution in [2.45, 2.75) is 0 Å². The maximum Gasteiger partial charge on any atom is 0.0285 e. The maximum absolute atomic E-state index is 3.58. The molecule has 0 aliphatic carbocycles. The van der Waals surface area contributed by atoms with Crippen molar-refractivity contribution in [3.63, 3.8) is 0 Å². The Labute approximate surface area is 52.3 Å². The molecule has 0 spiro atoms. The van der Waals surface area contributed by atoms with Gasteiger partial charge in [-0.05, 0) is 9.76 Å². The van der Waals surface area contributed by atoms with Crippen LogP contribution in [0.25, 0.3) is 0 Å². The van der Waals surface area contributed by atoms with Crippen molar-refractivity contribution in [2.75, 3.05) is 0 Å². The molecule has 0 aromatic carbocycles. The van der Waals surface area contributed by atoms with E-state index in [2.05, 4.69) is 12.3 Å². The van der Waals surface area contributed by atoms with Crippen LogP contribution in [0.3, 0.4) is 0 Å². The Morgan fingerprint density at radius 2 is 2.00 bits per heavy atom. The summed E-state index contributed by atoms with van der Waals surface area (Å²) in [5, 5.41) is 0. The number of hydrogen-bond acceptors (Lipinski definition) is 0. The second-order valence-corrected chi connectivity index (χ2v) is 4.54. The van der Waals surface area contributed by atoms with Crippen molar-refractivity contribution in [1.82, 2.24) is 0 Å². The Hall–Kier alpha value is 0.862. The molecule has 0 fully saturated rings. The minimum atomic E-state index is 0. The van der Waals surface area contributed by atoms with E-state index in [9.17, 15) is 0 Å². The molecule has 0 nitrogen and oxygen atoms in total. The number of hydrogen-bond donors (Lipinski definition) is 0. The molecule has 0 atom stereocenters. The van der Waals surface area contributed by atoms with E-state index in [1.54, 1.807) is 0 Å². The summed E-state index contributed by atoms with van der Waals surface area (Å²) in [6.07, 6.45) is 0. The fourth-order valence-electron chi connectivity index (χ4n) is 0. The first-order valence-electron chi connectivity index (χ1n) is 1.52. The predicted molar refractivity (Wildman–Crippen MR) is 28.7 cm³/mol. The van der Waals surface area contributed by atoms with Crippen LogP contribution < -0.4 is 0 Å². The van der Waals surface area contributed by atoms with Crippen molar-refractivity contribution in [1.29, 1.82) is 0 Å². The van der Waals surface area contributed by atoms with Crippen molar-refractivity contribution in [3.8, 4) is 0 Å². The van der Waals surface area contributed by atoms with E-state index in [0.717, 1.165) is 0 Å². The smallest absolute Gasteiger partial charge is 0.0285 e. The Morgan fingerprint density at radius 3 is 2.00 bits per heavy atom. The molecule has 0 aliphatic rings. The van der Waals surface area contributed by atoms with Gasteiger partial charge in [0.25, 0.3) is 0 Å². The van der Waals surface area contributed by atoms with Crippen LogP contribution in [0.15, 0.2) is 12.3 Å². The van der Waals surface area contributed by atoms with Crippen LogP contribution in [0.2, 0.25) is 0 Å².